The van der Waals surface area contributed by atoms with Gasteiger partial charge in [0, 0.05) is 12.3 Å². The zero-order valence-corrected chi connectivity index (χ0v) is 16.5. The number of fused-ring (bicyclic) bond motifs is 1. The number of nitrogen functional groups attached to an aromatic ring is 1. The van der Waals surface area contributed by atoms with Crippen LogP contribution in [-0.4, -0.2) is 34.6 Å². The molecule has 0 bridgehead atoms. The van der Waals surface area contributed by atoms with Gasteiger partial charge in [0.15, 0.2) is 9.84 Å². The molecule has 0 aliphatic carbocycles. The van der Waals surface area contributed by atoms with Crippen LogP contribution in [0.5, 0.6) is 5.75 Å². The average Bonchev–Trinajstić information content (AvgIpc) is 3.02. The molecular weight excluding hydrogens is 385 g/mol. The van der Waals surface area contributed by atoms with Gasteiger partial charge in [0.2, 0.25) is 5.95 Å². The highest BCUT2D eigenvalue weighted by Crippen LogP contribution is 2.35. The Hall–Kier alpha value is -3.19. The number of methoxy groups -OCH3 is 1. The quantitative estimate of drug-likeness (QED) is 0.667. The monoisotopic (exact) mass is 403 g/mol. The number of pyridine rings is 2. The first kappa shape index (κ1) is 19.6. The number of nitriles is 1. The number of nitrogens with two attached hydrogens (primary N) is 1. The largest absolute Gasteiger partial charge is 0.495 e. The lowest BCUT2D eigenvalue weighted by atomic mass is 10.1. The summed E-state index contributed by atoms with van der Waals surface area (Å²) >= 11 is 0. The van der Waals surface area contributed by atoms with Gasteiger partial charge in [0.25, 0.3) is 0 Å². The van der Waals surface area contributed by atoms with Crippen molar-refractivity contribution in [3.63, 3.8) is 0 Å². The first-order chi connectivity index (χ1) is 13.0. The normalized spacial score (nSPS) is 12.1. The Balaban J connectivity index is 2.35. The molecule has 3 aromatic heterocycles. The molecule has 10 heteroatoms. The van der Waals surface area contributed by atoms with Crippen molar-refractivity contribution in [2.75, 3.05) is 12.8 Å². The number of nitrogens with zero attached hydrogens (tertiary/aromatic N) is 4. The second kappa shape index (κ2) is 6.45. The number of hydrogen-bond acceptors (Lipinski definition) is 7. The molecule has 146 valence electrons. The third-order valence-electron chi connectivity index (χ3n) is 4.29. The Labute approximate surface area is 161 Å². The Morgan fingerprint density at radius 2 is 2.00 bits per heavy atom. The summed E-state index contributed by atoms with van der Waals surface area (Å²) in [6, 6.07) is 4.55. The van der Waals surface area contributed by atoms with E-state index in [4.69, 9.17) is 15.7 Å². The van der Waals surface area contributed by atoms with Crippen molar-refractivity contribution < 1.29 is 17.5 Å². The van der Waals surface area contributed by atoms with Gasteiger partial charge in [-0.3, -0.25) is 4.40 Å². The lowest BCUT2D eigenvalue weighted by Crippen LogP contribution is -2.28. The van der Waals surface area contributed by atoms with Gasteiger partial charge in [-0.05, 0) is 26.8 Å². The maximum absolute atomic E-state index is 14.4. The van der Waals surface area contributed by atoms with Crippen molar-refractivity contribution in [2.45, 2.75) is 30.4 Å². The summed E-state index contributed by atoms with van der Waals surface area (Å²) in [7, 11) is -2.41. The highest BCUT2D eigenvalue weighted by molar-refractivity contribution is 7.92. The molecule has 0 aliphatic heterocycles. The number of hydrogen-bond donors (Lipinski definition) is 1. The van der Waals surface area contributed by atoms with Crippen LogP contribution in [0.4, 0.5) is 10.2 Å². The van der Waals surface area contributed by atoms with Crippen molar-refractivity contribution in [2.24, 2.45) is 0 Å². The summed E-state index contributed by atoms with van der Waals surface area (Å²) in [5.41, 5.74) is 6.09. The van der Waals surface area contributed by atoms with Crippen LogP contribution < -0.4 is 10.5 Å². The first-order valence-electron chi connectivity index (χ1n) is 8.17. The molecule has 0 aromatic carbocycles. The summed E-state index contributed by atoms with van der Waals surface area (Å²) < 4.78 is 46.0. The van der Waals surface area contributed by atoms with Crippen LogP contribution in [-0.2, 0) is 9.84 Å². The van der Waals surface area contributed by atoms with Crippen LogP contribution in [0.1, 0.15) is 26.3 Å². The van der Waals surface area contributed by atoms with Gasteiger partial charge in [0.1, 0.15) is 28.2 Å². The van der Waals surface area contributed by atoms with Gasteiger partial charge < -0.3 is 10.5 Å². The maximum Gasteiger partial charge on any atom is 0.224 e. The Morgan fingerprint density at radius 1 is 1.32 bits per heavy atom. The zero-order chi connectivity index (χ0) is 20.9. The van der Waals surface area contributed by atoms with Gasteiger partial charge in [0.05, 0.1) is 34.9 Å². The molecule has 3 rings (SSSR count). The lowest BCUT2D eigenvalue weighted by molar-refractivity contribution is 0.401. The molecule has 0 saturated carbocycles. The summed E-state index contributed by atoms with van der Waals surface area (Å²) in [5.74, 6) is -0.988. The molecule has 8 nitrogen and oxygen atoms in total. The van der Waals surface area contributed by atoms with Crippen molar-refractivity contribution in [1.82, 2.24) is 14.4 Å². The van der Waals surface area contributed by atoms with Gasteiger partial charge in [-0.15, -0.1) is 0 Å². The number of anilines is 1. The summed E-state index contributed by atoms with van der Waals surface area (Å²) in [6.45, 7) is 4.72. The fraction of sp³-hybridized carbons (Fsp3) is 0.278. The maximum atomic E-state index is 14.4. The number of ether oxygens (including phenoxy) is 1. The minimum Gasteiger partial charge on any atom is -0.495 e. The SMILES string of the molecule is COc1cc2ncc(-c3cc(C#N)c(N)nc3F)n2cc1S(=O)(=O)C(C)(C)C. The third kappa shape index (κ3) is 2.93. The van der Waals surface area contributed by atoms with E-state index in [1.807, 2.05) is 6.07 Å². The molecule has 0 unspecified atom stereocenters. The standard InChI is InChI=1S/C18H18FN5O3S/c1-18(2,3)28(25,26)14-9-24-12(8-22-15(24)6-13(14)27-4)11-5-10(7-20)17(21)23-16(11)19/h5-6,8-9H,1-4H3,(H2,21,23). The van der Waals surface area contributed by atoms with E-state index in [9.17, 15) is 12.8 Å². The number of sulfone groups is 1. The second-order valence-corrected chi connectivity index (χ2v) is 9.74. The molecule has 3 heterocycles. The predicted molar refractivity (Wildman–Crippen MR) is 101 cm³/mol. The Bertz CT molecular complexity index is 1240. The Morgan fingerprint density at radius 3 is 2.57 bits per heavy atom. The van der Waals surface area contributed by atoms with Crippen molar-refractivity contribution in [3.8, 4) is 23.1 Å². The minimum absolute atomic E-state index is 0.00222. The predicted octanol–water partition coefficient (Wildman–Crippen LogP) is 2.57. The van der Waals surface area contributed by atoms with Crippen LogP contribution in [0.15, 0.2) is 29.4 Å². The summed E-state index contributed by atoms with van der Waals surface area (Å²) in [5, 5.41) is 9.14. The topological polar surface area (TPSA) is 123 Å². The number of aromatic nitrogens is 3. The fourth-order valence-electron chi connectivity index (χ4n) is 2.65. The molecule has 0 atom stereocenters. The van der Waals surface area contributed by atoms with E-state index in [1.165, 1.54) is 36.0 Å². The highest BCUT2D eigenvalue weighted by Gasteiger charge is 2.34. The zero-order valence-electron chi connectivity index (χ0n) is 15.7. The van der Waals surface area contributed by atoms with Crippen LogP contribution >= 0.6 is 0 Å². The highest BCUT2D eigenvalue weighted by atomic mass is 32.2. The minimum atomic E-state index is -3.77. The molecule has 2 N–H and O–H groups in total. The molecule has 0 spiro atoms. The fourth-order valence-corrected chi connectivity index (χ4v) is 3.96. The van der Waals surface area contributed by atoms with E-state index in [-0.39, 0.29) is 33.3 Å². The second-order valence-electron chi connectivity index (χ2n) is 7.06. The molecule has 0 fully saturated rings. The molecule has 0 amide bonds. The van der Waals surface area contributed by atoms with Crippen LogP contribution in [0.25, 0.3) is 16.9 Å². The van der Waals surface area contributed by atoms with E-state index in [1.54, 1.807) is 20.8 Å². The summed E-state index contributed by atoms with van der Waals surface area (Å²) in [4.78, 5) is 7.69. The van der Waals surface area contributed by atoms with Gasteiger partial charge in [-0.1, -0.05) is 0 Å². The Kier molecular flexibility index (Phi) is 4.51. The molecule has 3 aromatic rings. The third-order valence-corrected chi connectivity index (χ3v) is 6.79. The number of halogens is 1. The smallest absolute Gasteiger partial charge is 0.224 e. The van der Waals surface area contributed by atoms with Crippen LogP contribution in [0, 0.1) is 17.3 Å². The van der Waals surface area contributed by atoms with Gasteiger partial charge in [-0.2, -0.15) is 9.65 Å². The van der Waals surface area contributed by atoms with E-state index in [2.05, 4.69) is 9.97 Å². The van der Waals surface area contributed by atoms with E-state index >= 15 is 0 Å². The van der Waals surface area contributed by atoms with Gasteiger partial charge in [-0.25, -0.2) is 18.4 Å². The van der Waals surface area contributed by atoms with Gasteiger partial charge >= 0.3 is 0 Å². The summed E-state index contributed by atoms with van der Waals surface area (Å²) in [6.07, 6.45) is 2.69. The van der Waals surface area contributed by atoms with Crippen LogP contribution in [0.3, 0.4) is 0 Å². The van der Waals surface area contributed by atoms with E-state index < -0.39 is 20.5 Å². The first-order valence-corrected chi connectivity index (χ1v) is 9.65. The average molecular weight is 403 g/mol. The molecular formula is C18H18FN5O3S. The number of rotatable bonds is 3. The molecule has 0 saturated heterocycles. The molecule has 0 radical (unpaired) electrons. The number of imidazole rings is 1. The lowest BCUT2D eigenvalue weighted by Gasteiger charge is -2.21. The van der Waals surface area contributed by atoms with Crippen molar-refractivity contribution in [3.05, 3.63) is 36.0 Å². The molecule has 0 aliphatic rings. The van der Waals surface area contributed by atoms with E-state index in [0.717, 1.165) is 0 Å². The van der Waals surface area contributed by atoms with Crippen molar-refractivity contribution in [1.29, 1.82) is 5.26 Å². The van der Waals surface area contributed by atoms with Crippen molar-refractivity contribution >= 4 is 21.3 Å². The molecule has 28 heavy (non-hydrogen) atoms. The van der Waals surface area contributed by atoms with Crippen LogP contribution in [0.2, 0.25) is 0 Å². The van der Waals surface area contributed by atoms with E-state index in [0.29, 0.717) is 5.65 Å².